The Labute approximate surface area is 142 Å². The summed E-state index contributed by atoms with van der Waals surface area (Å²) in [5.74, 6) is 0.694. The molecule has 0 bridgehead atoms. The summed E-state index contributed by atoms with van der Waals surface area (Å²) in [6.07, 6.45) is 7.76. The molecule has 128 valence electrons. The van der Waals surface area contributed by atoms with E-state index in [0.29, 0.717) is 18.2 Å². The first kappa shape index (κ1) is 16.9. The molecule has 3 rings (SSSR count). The number of nitrogens with two attached hydrogens (primary N) is 1. The van der Waals surface area contributed by atoms with Crippen LogP contribution in [-0.2, 0) is 6.54 Å². The Kier molecular flexibility index (Phi) is 6.02. The SMILES string of the molecule is NCc1nc(C(=O)N2CCCC(CN3CCCCCC3)C2)cs1. The average molecular weight is 337 g/mol. The highest BCUT2D eigenvalue weighted by Crippen LogP contribution is 2.22. The van der Waals surface area contributed by atoms with Crippen LogP contribution in [0.15, 0.2) is 5.38 Å². The van der Waals surface area contributed by atoms with Gasteiger partial charge in [-0.25, -0.2) is 4.98 Å². The molecule has 23 heavy (non-hydrogen) atoms. The van der Waals surface area contributed by atoms with Crippen LogP contribution in [0, 0.1) is 5.92 Å². The van der Waals surface area contributed by atoms with Gasteiger partial charge in [0.1, 0.15) is 10.7 Å². The van der Waals surface area contributed by atoms with E-state index in [1.165, 1.54) is 56.5 Å². The van der Waals surface area contributed by atoms with Crippen molar-refractivity contribution < 1.29 is 4.79 Å². The van der Waals surface area contributed by atoms with Crippen LogP contribution in [0.1, 0.15) is 54.0 Å². The van der Waals surface area contributed by atoms with E-state index in [-0.39, 0.29) is 5.91 Å². The molecule has 1 amide bonds. The number of hydrogen-bond donors (Lipinski definition) is 1. The van der Waals surface area contributed by atoms with E-state index in [2.05, 4.69) is 9.88 Å². The average Bonchev–Trinajstić information content (AvgIpc) is 2.92. The Bertz CT molecular complexity index is 510. The monoisotopic (exact) mass is 336 g/mol. The summed E-state index contributed by atoms with van der Waals surface area (Å²) in [7, 11) is 0. The first-order valence-electron chi connectivity index (χ1n) is 8.92. The largest absolute Gasteiger partial charge is 0.337 e. The molecule has 2 fully saturated rings. The van der Waals surface area contributed by atoms with Gasteiger partial charge in [0.15, 0.2) is 0 Å². The lowest BCUT2D eigenvalue weighted by atomic mass is 9.97. The van der Waals surface area contributed by atoms with Crippen LogP contribution < -0.4 is 5.73 Å². The summed E-state index contributed by atoms with van der Waals surface area (Å²) >= 11 is 1.48. The van der Waals surface area contributed by atoms with Crippen molar-refractivity contribution in [3.8, 4) is 0 Å². The van der Waals surface area contributed by atoms with Gasteiger partial charge in [-0.3, -0.25) is 4.79 Å². The molecule has 0 spiro atoms. The van der Waals surface area contributed by atoms with E-state index in [9.17, 15) is 4.79 Å². The van der Waals surface area contributed by atoms with Gasteiger partial charge in [-0.05, 0) is 44.7 Å². The number of likely N-dealkylation sites (tertiary alicyclic amines) is 2. The number of thiazole rings is 1. The quantitative estimate of drug-likeness (QED) is 0.917. The highest BCUT2D eigenvalue weighted by molar-refractivity contribution is 7.09. The molecule has 3 heterocycles. The Morgan fingerprint density at radius 3 is 2.70 bits per heavy atom. The number of amides is 1. The summed E-state index contributed by atoms with van der Waals surface area (Å²) in [5, 5.41) is 2.69. The van der Waals surface area contributed by atoms with E-state index in [4.69, 9.17) is 5.73 Å². The molecule has 5 nitrogen and oxygen atoms in total. The Hall–Kier alpha value is -0.980. The zero-order chi connectivity index (χ0) is 16.1. The van der Waals surface area contributed by atoms with Crippen molar-refractivity contribution >= 4 is 17.2 Å². The van der Waals surface area contributed by atoms with Crippen LogP contribution in [0.3, 0.4) is 0 Å². The molecule has 1 aromatic rings. The van der Waals surface area contributed by atoms with Gasteiger partial charge >= 0.3 is 0 Å². The number of carbonyl (C=O) groups excluding carboxylic acids is 1. The van der Waals surface area contributed by atoms with E-state index in [0.717, 1.165) is 31.1 Å². The van der Waals surface area contributed by atoms with Crippen molar-refractivity contribution in [2.45, 2.75) is 45.1 Å². The molecule has 1 unspecified atom stereocenters. The van der Waals surface area contributed by atoms with E-state index in [1.54, 1.807) is 0 Å². The Morgan fingerprint density at radius 2 is 2.00 bits per heavy atom. The minimum absolute atomic E-state index is 0.0847. The van der Waals surface area contributed by atoms with Gasteiger partial charge in [-0.15, -0.1) is 11.3 Å². The molecule has 2 saturated heterocycles. The van der Waals surface area contributed by atoms with Crippen molar-refractivity contribution in [2.75, 3.05) is 32.7 Å². The third-order valence-electron chi connectivity index (χ3n) is 4.97. The van der Waals surface area contributed by atoms with Gasteiger partial charge in [0, 0.05) is 31.6 Å². The molecule has 0 aromatic carbocycles. The van der Waals surface area contributed by atoms with Crippen molar-refractivity contribution in [3.63, 3.8) is 0 Å². The first-order chi connectivity index (χ1) is 11.3. The molecule has 0 saturated carbocycles. The third kappa shape index (κ3) is 4.52. The molecule has 2 aliphatic heterocycles. The Balaban J connectivity index is 1.55. The molecular formula is C17H28N4OS. The van der Waals surface area contributed by atoms with Crippen LogP contribution >= 0.6 is 11.3 Å². The lowest BCUT2D eigenvalue weighted by molar-refractivity contribution is 0.0636. The minimum Gasteiger partial charge on any atom is -0.337 e. The molecule has 1 atom stereocenters. The smallest absolute Gasteiger partial charge is 0.273 e. The minimum atomic E-state index is 0.0847. The van der Waals surface area contributed by atoms with Gasteiger partial charge in [-0.2, -0.15) is 0 Å². The van der Waals surface area contributed by atoms with Crippen LogP contribution in [0.4, 0.5) is 0 Å². The van der Waals surface area contributed by atoms with Crippen molar-refractivity contribution in [1.82, 2.24) is 14.8 Å². The maximum absolute atomic E-state index is 12.6. The summed E-state index contributed by atoms with van der Waals surface area (Å²) in [4.78, 5) is 21.6. The number of piperidine rings is 1. The lowest BCUT2D eigenvalue weighted by Gasteiger charge is -2.35. The molecule has 2 N–H and O–H groups in total. The van der Waals surface area contributed by atoms with Crippen molar-refractivity contribution in [1.29, 1.82) is 0 Å². The summed E-state index contributed by atoms with van der Waals surface area (Å²) in [6.45, 7) is 5.77. The predicted molar refractivity (Wildman–Crippen MR) is 93.5 cm³/mol. The second kappa shape index (κ2) is 8.22. The maximum Gasteiger partial charge on any atom is 0.273 e. The van der Waals surface area contributed by atoms with Crippen molar-refractivity contribution in [3.05, 3.63) is 16.1 Å². The van der Waals surface area contributed by atoms with Gasteiger partial charge in [0.2, 0.25) is 0 Å². The van der Waals surface area contributed by atoms with E-state index < -0.39 is 0 Å². The number of aromatic nitrogens is 1. The predicted octanol–water partition coefficient (Wildman–Crippen LogP) is 2.33. The molecule has 0 aliphatic carbocycles. The first-order valence-corrected chi connectivity index (χ1v) is 9.80. The topological polar surface area (TPSA) is 62.5 Å². The molecule has 1 aromatic heterocycles. The Morgan fingerprint density at radius 1 is 1.22 bits per heavy atom. The van der Waals surface area contributed by atoms with Gasteiger partial charge in [-0.1, -0.05) is 12.8 Å². The molecule has 6 heteroatoms. The number of hydrogen-bond acceptors (Lipinski definition) is 5. The zero-order valence-electron chi connectivity index (χ0n) is 13.9. The number of carbonyl (C=O) groups is 1. The fourth-order valence-corrected chi connectivity index (χ4v) is 4.40. The van der Waals surface area contributed by atoms with Gasteiger partial charge in [0.25, 0.3) is 5.91 Å². The zero-order valence-corrected chi connectivity index (χ0v) is 14.7. The van der Waals surface area contributed by atoms with Gasteiger partial charge in [0.05, 0.1) is 0 Å². The number of nitrogens with zero attached hydrogens (tertiary/aromatic N) is 3. The van der Waals surface area contributed by atoms with Crippen LogP contribution in [0.2, 0.25) is 0 Å². The number of rotatable bonds is 4. The lowest BCUT2D eigenvalue weighted by Crippen LogP contribution is -2.44. The fraction of sp³-hybridized carbons (Fsp3) is 0.765. The summed E-state index contributed by atoms with van der Waals surface area (Å²) < 4.78 is 0. The van der Waals surface area contributed by atoms with Crippen LogP contribution in [0.5, 0.6) is 0 Å². The highest BCUT2D eigenvalue weighted by Gasteiger charge is 2.27. The summed E-state index contributed by atoms with van der Waals surface area (Å²) in [5.41, 5.74) is 6.17. The standard InChI is InChI=1S/C17H28N4OS/c18-10-16-19-15(13-23-16)17(22)21-9-5-6-14(12-21)11-20-7-3-1-2-4-8-20/h13-14H,1-12,18H2. The molecule has 2 aliphatic rings. The third-order valence-corrected chi connectivity index (χ3v) is 5.84. The molecule has 0 radical (unpaired) electrons. The van der Waals surface area contributed by atoms with E-state index >= 15 is 0 Å². The second-order valence-electron chi connectivity index (χ2n) is 6.80. The van der Waals surface area contributed by atoms with Crippen LogP contribution in [-0.4, -0.2) is 53.4 Å². The fourth-order valence-electron chi connectivity index (χ4n) is 3.75. The van der Waals surface area contributed by atoms with Crippen molar-refractivity contribution in [2.24, 2.45) is 11.7 Å². The van der Waals surface area contributed by atoms with E-state index in [1.807, 2.05) is 10.3 Å². The second-order valence-corrected chi connectivity index (χ2v) is 7.75. The van der Waals surface area contributed by atoms with Gasteiger partial charge < -0.3 is 15.5 Å². The maximum atomic E-state index is 12.6. The van der Waals surface area contributed by atoms with Crippen LogP contribution in [0.25, 0.3) is 0 Å². The molecular weight excluding hydrogens is 308 g/mol. The summed E-state index contributed by atoms with van der Waals surface area (Å²) in [6, 6.07) is 0. The highest BCUT2D eigenvalue weighted by atomic mass is 32.1. The normalized spacial score (nSPS) is 23.7.